The minimum atomic E-state index is -0.0220. The molecule has 0 atom stereocenters. The molecule has 0 aromatic carbocycles. The smallest absolute Gasteiger partial charge is 0.230 e. The Labute approximate surface area is 112 Å². The van der Waals surface area contributed by atoms with Gasteiger partial charge in [0.1, 0.15) is 0 Å². The predicted molar refractivity (Wildman–Crippen MR) is 73.4 cm³/mol. The number of thioether (sulfide) groups is 1. The fraction of sp³-hybridized carbons (Fsp3) is 0.583. The first-order chi connectivity index (χ1) is 8.61. The molecule has 5 nitrogen and oxygen atoms in total. The number of hydrogen-bond acceptors (Lipinski definition) is 5. The number of carbonyl (C=O) groups excluding carboxylic acids is 1. The maximum absolute atomic E-state index is 11.1. The molecule has 0 bridgehead atoms. The molecule has 0 aliphatic carbocycles. The van der Waals surface area contributed by atoms with Crippen LogP contribution >= 0.6 is 11.8 Å². The summed E-state index contributed by atoms with van der Waals surface area (Å²) >= 11 is 1.34. The van der Waals surface area contributed by atoms with Gasteiger partial charge in [-0.1, -0.05) is 25.6 Å². The van der Waals surface area contributed by atoms with Gasteiger partial charge in [-0.05, 0) is 12.5 Å². The number of rotatable bonds is 7. The fourth-order valence-electron chi connectivity index (χ4n) is 1.22. The Morgan fingerprint density at radius 1 is 1.39 bits per heavy atom. The van der Waals surface area contributed by atoms with E-state index >= 15 is 0 Å². The molecule has 0 fully saturated rings. The zero-order valence-electron chi connectivity index (χ0n) is 11.1. The van der Waals surface area contributed by atoms with Crippen molar-refractivity contribution >= 4 is 17.7 Å². The number of hydrogen-bond donors (Lipinski definition) is 2. The molecule has 0 radical (unpaired) electrons. The van der Waals surface area contributed by atoms with Crippen molar-refractivity contribution in [1.29, 1.82) is 0 Å². The van der Waals surface area contributed by atoms with Crippen LogP contribution in [0.25, 0.3) is 0 Å². The molecular formula is C12H20N4OS. The highest BCUT2D eigenvalue weighted by atomic mass is 32.2. The second-order valence-corrected chi connectivity index (χ2v) is 5.30. The van der Waals surface area contributed by atoms with E-state index in [0.29, 0.717) is 16.8 Å². The van der Waals surface area contributed by atoms with Crippen LogP contribution in [0.4, 0.5) is 0 Å². The molecule has 0 aliphatic rings. The van der Waals surface area contributed by atoms with Crippen LogP contribution in [0.5, 0.6) is 0 Å². The fourth-order valence-corrected chi connectivity index (χ4v) is 1.88. The maximum Gasteiger partial charge on any atom is 0.230 e. The lowest BCUT2D eigenvalue weighted by Gasteiger charge is -2.07. The van der Waals surface area contributed by atoms with E-state index in [2.05, 4.69) is 34.4 Å². The zero-order chi connectivity index (χ0) is 13.4. The van der Waals surface area contributed by atoms with E-state index in [1.165, 1.54) is 11.8 Å². The second kappa shape index (κ2) is 8.05. The van der Waals surface area contributed by atoms with Crippen LogP contribution in [0, 0.1) is 5.92 Å². The summed E-state index contributed by atoms with van der Waals surface area (Å²) in [6, 6.07) is 0. The van der Waals surface area contributed by atoms with Crippen molar-refractivity contribution in [3.63, 3.8) is 0 Å². The lowest BCUT2D eigenvalue weighted by Crippen LogP contribution is -2.20. The van der Waals surface area contributed by atoms with E-state index < -0.39 is 0 Å². The summed E-state index contributed by atoms with van der Waals surface area (Å²) in [5, 5.41) is 6.52. The van der Waals surface area contributed by atoms with Crippen LogP contribution in [-0.2, 0) is 11.3 Å². The van der Waals surface area contributed by atoms with Crippen molar-refractivity contribution < 1.29 is 4.79 Å². The summed E-state index contributed by atoms with van der Waals surface area (Å²) in [6.07, 6.45) is 3.60. The van der Waals surface area contributed by atoms with E-state index in [-0.39, 0.29) is 5.91 Å². The molecule has 18 heavy (non-hydrogen) atoms. The van der Waals surface area contributed by atoms with Crippen molar-refractivity contribution in [3.8, 4) is 0 Å². The Hall–Kier alpha value is -1.14. The Morgan fingerprint density at radius 2 is 2.06 bits per heavy atom. The molecule has 100 valence electrons. The van der Waals surface area contributed by atoms with Gasteiger partial charge in [0.25, 0.3) is 0 Å². The summed E-state index contributed by atoms with van der Waals surface area (Å²) in [4.78, 5) is 19.5. The lowest BCUT2D eigenvalue weighted by molar-refractivity contribution is -0.118. The number of nitrogens with zero attached hydrogens (tertiary/aromatic N) is 2. The molecule has 1 amide bonds. The average Bonchev–Trinajstić information content (AvgIpc) is 2.37. The van der Waals surface area contributed by atoms with Crippen molar-refractivity contribution in [2.45, 2.75) is 25.5 Å². The minimum absolute atomic E-state index is 0.0220. The molecule has 1 aromatic heterocycles. The van der Waals surface area contributed by atoms with E-state index in [9.17, 15) is 4.79 Å². The number of nitrogens with one attached hydrogen (secondary N) is 2. The predicted octanol–water partition coefficient (Wildman–Crippen LogP) is 1.06. The highest BCUT2D eigenvalue weighted by molar-refractivity contribution is 7.99. The third-order valence-corrected chi connectivity index (χ3v) is 3.05. The van der Waals surface area contributed by atoms with Gasteiger partial charge in [0.15, 0.2) is 5.16 Å². The molecule has 0 saturated heterocycles. The Kier molecular flexibility index (Phi) is 6.67. The summed E-state index contributed by atoms with van der Waals surface area (Å²) in [6.45, 7) is 6.09. The maximum atomic E-state index is 11.1. The van der Waals surface area contributed by atoms with Crippen molar-refractivity contribution in [2.75, 3.05) is 19.3 Å². The summed E-state index contributed by atoms with van der Waals surface area (Å²) in [5.41, 5.74) is 1.06. The summed E-state index contributed by atoms with van der Waals surface area (Å²) < 4.78 is 0. The van der Waals surface area contributed by atoms with Gasteiger partial charge in [0.2, 0.25) is 5.91 Å². The molecular weight excluding hydrogens is 248 g/mol. The Morgan fingerprint density at radius 3 is 2.61 bits per heavy atom. The van der Waals surface area contributed by atoms with Crippen LogP contribution in [0.1, 0.15) is 19.4 Å². The highest BCUT2D eigenvalue weighted by Crippen LogP contribution is 2.11. The molecule has 2 N–H and O–H groups in total. The quantitative estimate of drug-likeness (QED) is 0.572. The molecule has 0 unspecified atom stereocenters. The van der Waals surface area contributed by atoms with Gasteiger partial charge >= 0.3 is 0 Å². The molecule has 0 spiro atoms. The third-order valence-electron chi connectivity index (χ3n) is 2.17. The Balaban J connectivity index is 2.35. The molecule has 6 heteroatoms. The standard InChI is InChI=1S/C12H20N4OS/c1-9(2)4-14-5-10-6-15-12(16-7-10)18-8-11(17)13-3/h6-7,9,14H,4-5,8H2,1-3H3,(H,13,17). The normalized spacial score (nSPS) is 10.7. The van der Waals surface area contributed by atoms with E-state index in [4.69, 9.17) is 0 Å². The van der Waals surface area contributed by atoms with Gasteiger partial charge in [-0.3, -0.25) is 4.79 Å². The van der Waals surface area contributed by atoms with Gasteiger partial charge in [-0.25, -0.2) is 9.97 Å². The largest absolute Gasteiger partial charge is 0.358 e. The van der Waals surface area contributed by atoms with Gasteiger partial charge in [0.05, 0.1) is 5.75 Å². The first-order valence-corrected chi connectivity index (χ1v) is 6.95. The third kappa shape index (κ3) is 5.97. The van der Waals surface area contributed by atoms with Crippen LogP contribution < -0.4 is 10.6 Å². The number of aromatic nitrogens is 2. The minimum Gasteiger partial charge on any atom is -0.358 e. The van der Waals surface area contributed by atoms with Crippen molar-refractivity contribution in [1.82, 2.24) is 20.6 Å². The first kappa shape index (κ1) is 14.9. The molecule has 1 rings (SSSR count). The van der Waals surface area contributed by atoms with Crippen LogP contribution in [0.3, 0.4) is 0 Å². The van der Waals surface area contributed by atoms with Crippen molar-refractivity contribution in [2.24, 2.45) is 5.92 Å². The van der Waals surface area contributed by atoms with Crippen LogP contribution in [0.15, 0.2) is 17.6 Å². The average molecular weight is 268 g/mol. The molecule has 1 heterocycles. The van der Waals surface area contributed by atoms with E-state index in [0.717, 1.165) is 18.7 Å². The zero-order valence-corrected chi connectivity index (χ0v) is 11.9. The summed E-state index contributed by atoms with van der Waals surface area (Å²) in [7, 11) is 1.62. The molecule has 1 aromatic rings. The van der Waals surface area contributed by atoms with Crippen LogP contribution in [0.2, 0.25) is 0 Å². The topological polar surface area (TPSA) is 66.9 Å². The van der Waals surface area contributed by atoms with E-state index in [1.54, 1.807) is 19.4 Å². The number of carbonyl (C=O) groups is 1. The second-order valence-electron chi connectivity index (χ2n) is 4.36. The molecule has 0 aliphatic heterocycles. The van der Waals surface area contributed by atoms with Gasteiger partial charge in [0, 0.05) is 31.5 Å². The highest BCUT2D eigenvalue weighted by Gasteiger charge is 2.03. The lowest BCUT2D eigenvalue weighted by atomic mass is 10.2. The Bertz CT molecular complexity index is 367. The van der Waals surface area contributed by atoms with Crippen molar-refractivity contribution in [3.05, 3.63) is 18.0 Å². The van der Waals surface area contributed by atoms with Gasteiger partial charge in [-0.15, -0.1) is 0 Å². The van der Waals surface area contributed by atoms with E-state index in [1.807, 2.05) is 0 Å². The monoisotopic (exact) mass is 268 g/mol. The number of amides is 1. The van der Waals surface area contributed by atoms with Gasteiger partial charge in [-0.2, -0.15) is 0 Å². The first-order valence-electron chi connectivity index (χ1n) is 5.97. The van der Waals surface area contributed by atoms with Gasteiger partial charge < -0.3 is 10.6 Å². The SMILES string of the molecule is CNC(=O)CSc1ncc(CNCC(C)C)cn1. The summed E-state index contributed by atoms with van der Waals surface area (Å²) in [5.74, 6) is 0.959. The van der Waals surface area contributed by atoms with Crippen LogP contribution in [-0.4, -0.2) is 35.2 Å². The molecule has 0 saturated carbocycles.